The Balaban J connectivity index is 1.07. The minimum absolute atomic E-state index is 0.00584. The molecule has 8 aromatic rings. The number of para-hydroxylation sites is 1. The van der Waals surface area contributed by atoms with Crippen molar-refractivity contribution in [3.05, 3.63) is 228 Å². The Bertz CT molecular complexity index is 3220. The molecule has 0 saturated carbocycles. The Kier molecular flexibility index (Phi) is 8.36. The number of furan rings is 1. The van der Waals surface area contributed by atoms with E-state index in [9.17, 15) is 0 Å². The van der Waals surface area contributed by atoms with Gasteiger partial charge >= 0.3 is 0 Å². The number of nitrogens with zero attached hydrogens (tertiary/aromatic N) is 2. The number of hydrogen-bond donors (Lipinski definition) is 0. The summed E-state index contributed by atoms with van der Waals surface area (Å²) >= 11 is 0. The summed E-state index contributed by atoms with van der Waals surface area (Å²) in [5.74, 6) is 3.23. The van der Waals surface area contributed by atoms with Gasteiger partial charge in [0.15, 0.2) is 5.82 Å². The third kappa shape index (κ3) is 6.13. The molecule has 0 fully saturated rings. The molecule has 0 N–H and O–H groups in total. The van der Waals surface area contributed by atoms with E-state index in [1.165, 1.54) is 39.0 Å². The van der Waals surface area contributed by atoms with Crippen LogP contribution in [0, 0.1) is 0 Å². The van der Waals surface area contributed by atoms with Gasteiger partial charge in [0.1, 0.15) is 34.9 Å². The van der Waals surface area contributed by atoms with Gasteiger partial charge < -0.3 is 13.9 Å². The molecule has 5 heteroatoms. The van der Waals surface area contributed by atoms with Crippen molar-refractivity contribution >= 4 is 33.1 Å². The Morgan fingerprint density at radius 1 is 0.476 bits per heavy atom. The topological polar surface area (TPSA) is 57.4 Å². The van der Waals surface area contributed by atoms with Crippen LogP contribution in [-0.4, -0.2) is 22.2 Å². The van der Waals surface area contributed by atoms with E-state index in [-0.39, 0.29) is 35.9 Å². The van der Waals surface area contributed by atoms with Gasteiger partial charge in [-0.2, -0.15) is 0 Å². The molecule has 63 heavy (non-hydrogen) atoms. The summed E-state index contributed by atoms with van der Waals surface area (Å²) in [5.41, 5.74) is 14.5. The standard InChI is InChI=1S/C58H42N2O3/c1-3-13-35(14-4-1)49-34-50(60-58(59-49)36-15-5-2-6-16-36)57-44(38-24-27-55-47(30-38)42-18-8-11-21-52(42)62-55)32-40(37-23-26-54-46(29-37)41-17-7-10-20-51(41)61-54)33-45(57)39-25-28-56-48(31-39)43-19-9-12-22-53(43)63-56/h1-31,34,40-42,44,51-52H,32-33H2. The summed E-state index contributed by atoms with van der Waals surface area (Å²) in [6.07, 6.45) is 19.2. The van der Waals surface area contributed by atoms with Crippen molar-refractivity contribution in [1.82, 2.24) is 9.97 Å². The molecule has 0 amide bonds. The van der Waals surface area contributed by atoms with Crippen LogP contribution in [0.25, 0.3) is 55.7 Å². The van der Waals surface area contributed by atoms with E-state index in [2.05, 4.69) is 182 Å². The average molecular weight is 815 g/mol. The zero-order valence-electron chi connectivity index (χ0n) is 34.5. The molecule has 6 unspecified atom stereocenters. The highest BCUT2D eigenvalue weighted by Crippen LogP contribution is 2.55. The fourth-order valence-electron chi connectivity index (χ4n) is 10.8. The highest BCUT2D eigenvalue weighted by Gasteiger charge is 2.39. The van der Waals surface area contributed by atoms with Crippen molar-refractivity contribution in [3.63, 3.8) is 0 Å². The van der Waals surface area contributed by atoms with Crippen LogP contribution in [0.2, 0.25) is 0 Å². The lowest BCUT2D eigenvalue weighted by Gasteiger charge is -2.35. The maximum atomic E-state index is 6.53. The fraction of sp³-hybridized carbons (Fsp3) is 0.138. The summed E-state index contributed by atoms with van der Waals surface area (Å²) in [6, 6.07) is 52.2. The predicted octanol–water partition coefficient (Wildman–Crippen LogP) is 13.9. The molecule has 4 heterocycles. The molecule has 6 aromatic carbocycles. The third-order valence-corrected chi connectivity index (χ3v) is 13.8. The quantitative estimate of drug-likeness (QED) is 0.167. The number of benzene rings is 6. The van der Waals surface area contributed by atoms with Gasteiger partial charge in [-0.05, 0) is 95.1 Å². The fourth-order valence-corrected chi connectivity index (χ4v) is 10.8. The van der Waals surface area contributed by atoms with Gasteiger partial charge in [-0.25, -0.2) is 9.97 Å². The van der Waals surface area contributed by atoms with E-state index in [1.54, 1.807) is 0 Å². The Hall–Kier alpha value is -7.50. The first-order valence-electron chi connectivity index (χ1n) is 22.1. The molecule has 2 aliphatic heterocycles. The van der Waals surface area contributed by atoms with Crippen molar-refractivity contribution in [2.45, 2.75) is 48.7 Å². The molecule has 0 radical (unpaired) electrons. The van der Waals surface area contributed by atoms with Gasteiger partial charge in [0.05, 0.1) is 11.4 Å². The summed E-state index contributed by atoms with van der Waals surface area (Å²) < 4.78 is 19.4. The molecular formula is C58H42N2O3. The molecule has 5 nitrogen and oxygen atoms in total. The van der Waals surface area contributed by atoms with Gasteiger partial charge in [0, 0.05) is 50.8 Å². The summed E-state index contributed by atoms with van der Waals surface area (Å²) in [7, 11) is 0. The Morgan fingerprint density at radius 2 is 1.10 bits per heavy atom. The Morgan fingerprint density at radius 3 is 1.84 bits per heavy atom. The number of allylic oxidation sites excluding steroid dienone is 6. The largest absolute Gasteiger partial charge is 0.485 e. The number of rotatable bonds is 6. The van der Waals surface area contributed by atoms with Crippen molar-refractivity contribution < 1.29 is 13.9 Å². The first-order valence-corrected chi connectivity index (χ1v) is 22.1. The van der Waals surface area contributed by atoms with Gasteiger partial charge in [0.2, 0.25) is 0 Å². The molecule has 0 bridgehead atoms. The van der Waals surface area contributed by atoms with E-state index in [0.29, 0.717) is 5.82 Å². The molecular weight excluding hydrogens is 773 g/mol. The van der Waals surface area contributed by atoms with E-state index in [1.807, 2.05) is 12.1 Å². The van der Waals surface area contributed by atoms with Crippen LogP contribution in [0.3, 0.4) is 0 Å². The number of fused-ring (bicyclic) bond motifs is 9. The van der Waals surface area contributed by atoms with E-state index >= 15 is 0 Å². The van der Waals surface area contributed by atoms with E-state index in [0.717, 1.165) is 68.8 Å². The van der Waals surface area contributed by atoms with E-state index in [4.69, 9.17) is 23.9 Å². The van der Waals surface area contributed by atoms with Crippen LogP contribution in [0.5, 0.6) is 11.5 Å². The lowest BCUT2D eigenvalue weighted by molar-refractivity contribution is 0.268. The van der Waals surface area contributed by atoms with Crippen molar-refractivity contribution in [1.29, 1.82) is 0 Å². The van der Waals surface area contributed by atoms with Crippen LogP contribution in [0.15, 0.2) is 199 Å². The molecule has 3 aliphatic carbocycles. The molecule has 2 aromatic heterocycles. The first-order chi connectivity index (χ1) is 31.2. The highest BCUT2D eigenvalue weighted by molar-refractivity contribution is 6.07. The van der Waals surface area contributed by atoms with Crippen LogP contribution < -0.4 is 9.47 Å². The number of ether oxygens (including phenoxy) is 2. The van der Waals surface area contributed by atoms with Gasteiger partial charge in [0.25, 0.3) is 0 Å². The molecule has 13 rings (SSSR count). The van der Waals surface area contributed by atoms with Crippen molar-refractivity contribution in [2.75, 3.05) is 0 Å². The monoisotopic (exact) mass is 814 g/mol. The number of hydrogen-bond acceptors (Lipinski definition) is 5. The molecule has 0 saturated heterocycles. The third-order valence-electron chi connectivity index (χ3n) is 13.8. The average Bonchev–Trinajstić information content (AvgIpc) is 4.04. The van der Waals surface area contributed by atoms with Crippen molar-refractivity contribution in [2.24, 2.45) is 0 Å². The first kappa shape index (κ1) is 36.2. The second kappa shape index (κ2) is 14.6. The van der Waals surface area contributed by atoms with E-state index < -0.39 is 0 Å². The van der Waals surface area contributed by atoms with Crippen LogP contribution in [0.4, 0.5) is 0 Å². The summed E-state index contributed by atoms with van der Waals surface area (Å²) in [6.45, 7) is 0. The van der Waals surface area contributed by atoms with Crippen molar-refractivity contribution in [3.8, 4) is 34.1 Å². The molecule has 302 valence electrons. The predicted molar refractivity (Wildman–Crippen MR) is 252 cm³/mol. The lowest BCUT2D eigenvalue weighted by atomic mass is 9.68. The second-order valence-corrected chi connectivity index (χ2v) is 17.4. The smallest absolute Gasteiger partial charge is 0.160 e. The SMILES string of the molecule is C1=CC2Oc3ccc(C4CC(c5ccc6oc7ccccc7c6c5)=C(c5cc(-c6ccccc6)nc(-c6ccccc6)n5)C(c5ccc6c(c5)C5C=CC=CC5O6)C4)cc3C2C=C1. The van der Waals surface area contributed by atoms with Gasteiger partial charge in [-0.15, -0.1) is 0 Å². The van der Waals surface area contributed by atoms with Crippen LogP contribution in [-0.2, 0) is 0 Å². The molecule has 5 aliphatic rings. The molecule has 6 atom stereocenters. The van der Waals surface area contributed by atoms with Crippen LogP contribution in [0.1, 0.15) is 70.0 Å². The maximum absolute atomic E-state index is 6.53. The normalized spacial score (nSPS) is 22.7. The second-order valence-electron chi connectivity index (χ2n) is 17.4. The summed E-state index contributed by atoms with van der Waals surface area (Å²) in [5, 5.41) is 2.23. The zero-order valence-corrected chi connectivity index (χ0v) is 34.5. The minimum Gasteiger partial charge on any atom is -0.485 e. The molecule has 0 spiro atoms. The lowest BCUT2D eigenvalue weighted by Crippen LogP contribution is -2.18. The maximum Gasteiger partial charge on any atom is 0.160 e. The Labute approximate surface area is 366 Å². The minimum atomic E-state index is -0.0140. The summed E-state index contributed by atoms with van der Waals surface area (Å²) in [4.78, 5) is 10.8. The highest BCUT2D eigenvalue weighted by atomic mass is 16.5. The van der Waals surface area contributed by atoms with Gasteiger partial charge in [-0.1, -0.05) is 146 Å². The number of aromatic nitrogens is 2. The zero-order chi connectivity index (χ0) is 41.4. The van der Waals surface area contributed by atoms with Crippen LogP contribution >= 0.6 is 0 Å². The van der Waals surface area contributed by atoms with Gasteiger partial charge in [-0.3, -0.25) is 0 Å².